The molecular weight excluding hydrogens is 587 g/mol. The standard InChI is InChI=1S/C28H23ClF3N9O2/c1-15-3-2-4-23(20-9-16(7-8-33-20)26-21(12-35-38-26)36-27(15)43)40-14-34-19(11-25(40)42)18-10-17(29)5-6-22(18)41-13-24(37-39-41)28(30,31)32/h5-15,23H,2-4H2,1H3,(H,35,38)(H,36,43). The first-order valence-corrected chi connectivity index (χ1v) is 13.6. The van der Waals surface area contributed by atoms with Crippen LogP contribution in [-0.4, -0.2) is 45.6 Å². The van der Waals surface area contributed by atoms with Crippen LogP contribution in [0.25, 0.3) is 28.2 Å². The molecule has 1 aliphatic rings. The number of nitrogens with zero attached hydrogens (tertiary/aromatic N) is 7. The Balaban J connectivity index is 1.41. The first-order valence-electron chi connectivity index (χ1n) is 13.3. The van der Waals surface area contributed by atoms with Gasteiger partial charge in [-0.25, -0.2) is 9.67 Å². The molecule has 5 aromatic rings. The van der Waals surface area contributed by atoms with E-state index in [0.717, 1.165) is 16.4 Å². The molecule has 15 heteroatoms. The van der Waals surface area contributed by atoms with Crippen molar-refractivity contribution in [2.75, 3.05) is 5.32 Å². The second-order valence-corrected chi connectivity index (χ2v) is 10.6. The smallest absolute Gasteiger partial charge is 0.323 e. The van der Waals surface area contributed by atoms with Gasteiger partial charge in [0.2, 0.25) is 5.91 Å². The van der Waals surface area contributed by atoms with Crippen LogP contribution in [0.3, 0.4) is 0 Å². The van der Waals surface area contributed by atoms with Gasteiger partial charge in [-0.05, 0) is 43.2 Å². The van der Waals surface area contributed by atoms with Crippen molar-refractivity contribution in [3.63, 3.8) is 0 Å². The van der Waals surface area contributed by atoms with Gasteiger partial charge in [0.25, 0.3) is 5.56 Å². The van der Waals surface area contributed by atoms with E-state index in [4.69, 9.17) is 11.6 Å². The van der Waals surface area contributed by atoms with Crippen LogP contribution < -0.4 is 10.9 Å². The van der Waals surface area contributed by atoms with Crippen molar-refractivity contribution in [3.8, 4) is 28.2 Å². The van der Waals surface area contributed by atoms with Crippen molar-refractivity contribution in [2.45, 2.75) is 38.4 Å². The lowest BCUT2D eigenvalue weighted by molar-refractivity contribution is -0.141. The fourth-order valence-electron chi connectivity index (χ4n) is 5.04. The molecule has 5 heterocycles. The van der Waals surface area contributed by atoms with Crippen LogP contribution >= 0.6 is 11.6 Å². The number of anilines is 1. The topological polar surface area (TPSA) is 136 Å². The first kappa shape index (κ1) is 28.3. The Morgan fingerprint density at radius 2 is 1.91 bits per heavy atom. The number of aromatic amines is 1. The Morgan fingerprint density at radius 1 is 1.07 bits per heavy atom. The van der Waals surface area contributed by atoms with E-state index in [1.54, 1.807) is 18.5 Å². The monoisotopic (exact) mass is 609 g/mol. The fourth-order valence-corrected chi connectivity index (χ4v) is 5.21. The Hall–Kier alpha value is -4.85. The number of nitrogens with one attached hydrogen (secondary N) is 2. The van der Waals surface area contributed by atoms with Gasteiger partial charge in [-0.15, -0.1) is 5.10 Å². The molecular formula is C28H23ClF3N9O2. The third kappa shape index (κ3) is 5.65. The van der Waals surface area contributed by atoms with Crippen LogP contribution in [-0.2, 0) is 11.0 Å². The SMILES string of the molecule is CC1CCCC(n2cnc(-c3cc(Cl)ccc3-n3cc(C(F)(F)F)nn3)cc2=O)c2cc(ccn2)-c2[nH]ncc2NC1=O. The average Bonchev–Trinajstić information content (AvgIpc) is 3.66. The number of carbonyl (C=O) groups is 1. The molecule has 0 aliphatic carbocycles. The summed E-state index contributed by atoms with van der Waals surface area (Å²) in [5.41, 5.74) is 1.60. The van der Waals surface area contributed by atoms with E-state index in [9.17, 15) is 22.8 Å². The highest BCUT2D eigenvalue weighted by Crippen LogP contribution is 2.33. The third-order valence-corrected chi connectivity index (χ3v) is 7.54. The molecule has 220 valence electrons. The summed E-state index contributed by atoms with van der Waals surface area (Å²) in [6.45, 7) is 1.84. The minimum absolute atomic E-state index is 0.135. The molecule has 43 heavy (non-hydrogen) atoms. The zero-order valence-corrected chi connectivity index (χ0v) is 23.3. The summed E-state index contributed by atoms with van der Waals surface area (Å²) in [7, 11) is 0. The van der Waals surface area contributed by atoms with Gasteiger partial charge in [-0.2, -0.15) is 18.3 Å². The summed E-state index contributed by atoms with van der Waals surface area (Å²) in [6.07, 6.45) is 2.30. The number of hydrogen-bond donors (Lipinski definition) is 2. The van der Waals surface area contributed by atoms with Crippen LogP contribution in [0, 0.1) is 5.92 Å². The summed E-state index contributed by atoms with van der Waals surface area (Å²) >= 11 is 6.22. The van der Waals surface area contributed by atoms with Crippen molar-refractivity contribution >= 4 is 23.2 Å². The number of rotatable bonds is 3. The molecule has 0 fully saturated rings. The Morgan fingerprint density at radius 3 is 2.67 bits per heavy atom. The number of halogens is 4. The molecule has 0 saturated carbocycles. The van der Waals surface area contributed by atoms with Gasteiger partial charge in [0.15, 0.2) is 5.69 Å². The summed E-state index contributed by atoms with van der Waals surface area (Å²) in [6, 6.07) is 8.84. The number of fused-ring (bicyclic) bond motifs is 4. The number of pyridine rings is 1. The quantitative estimate of drug-likeness (QED) is 0.283. The number of H-pyrrole nitrogens is 1. The Bertz CT molecular complexity index is 1880. The van der Waals surface area contributed by atoms with E-state index in [1.165, 1.54) is 35.2 Å². The van der Waals surface area contributed by atoms with Gasteiger partial charge in [-0.3, -0.25) is 24.2 Å². The molecule has 2 unspecified atom stereocenters. The third-order valence-electron chi connectivity index (χ3n) is 7.31. The molecule has 1 aliphatic heterocycles. The van der Waals surface area contributed by atoms with Crippen LogP contribution in [0.2, 0.25) is 5.02 Å². The molecule has 6 rings (SSSR count). The number of aromatic nitrogens is 8. The number of hydrogen-bond acceptors (Lipinski definition) is 7. The van der Waals surface area contributed by atoms with Gasteiger partial charge in [0, 0.05) is 34.3 Å². The first-order chi connectivity index (χ1) is 20.6. The number of carbonyl (C=O) groups excluding carboxylic acids is 1. The lowest BCUT2D eigenvalue weighted by Crippen LogP contribution is -2.27. The fraction of sp³-hybridized carbons (Fsp3) is 0.250. The van der Waals surface area contributed by atoms with E-state index in [1.807, 2.05) is 13.0 Å². The van der Waals surface area contributed by atoms with E-state index >= 15 is 0 Å². The zero-order valence-electron chi connectivity index (χ0n) is 22.5. The van der Waals surface area contributed by atoms with Gasteiger partial charge >= 0.3 is 6.18 Å². The lowest BCUT2D eigenvalue weighted by atomic mass is 9.97. The van der Waals surface area contributed by atoms with Crippen molar-refractivity contribution in [1.82, 2.24) is 39.7 Å². The van der Waals surface area contributed by atoms with Crippen molar-refractivity contribution in [2.24, 2.45) is 5.92 Å². The second-order valence-electron chi connectivity index (χ2n) is 10.2. The van der Waals surface area contributed by atoms with Gasteiger partial charge in [0.1, 0.15) is 0 Å². The maximum Gasteiger partial charge on any atom is 0.436 e. The second kappa shape index (κ2) is 11.1. The zero-order chi connectivity index (χ0) is 30.3. The lowest BCUT2D eigenvalue weighted by Gasteiger charge is -2.22. The van der Waals surface area contributed by atoms with Crippen LogP contribution in [0.5, 0.6) is 0 Å². The highest BCUT2D eigenvalue weighted by Gasteiger charge is 2.35. The van der Waals surface area contributed by atoms with E-state index in [0.29, 0.717) is 41.9 Å². The minimum Gasteiger partial charge on any atom is -0.323 e. The highest BCUT2D eigenvalue weighted by atomic mass is 35.5. The average molecular weight is 610 g/mol. The molecule has 2 N–H and O–H groups in total. The molecule has 1 aromatic carbocycles. The number of amides is 1. The van der Waals surface area contributed by atoms with E-state index < -0.39 is 23.5 Å². The predicted octanol–water partition coefficient (Wildman–Crippen LogP) is 5.30. The van der Waals surface area contributed by atoms with Crippen molar-refractivity contribution in [3.05, 3.63) is 88.1 Å². The molecule has 2 atom stereocenters. The number of benzene rings is 1. The van der Waals surface area contributed by atoms with Crippen LogP contribution in [0.1, 0.15) is 43.6 Å². The number of alkyl halides is 3. The molecule has 0 spiro atoms. The van der Waals surface area contributed by atoms with Gasteiger partial charge in [-0.1, -0.05) is 30.2 Å². The molecule has 4 aromatic heterocycles. The Kier molecular flexibility index (Phi) is 7.30. The normalized spacial score (nSPS) is 17.5. The summed E-state index contributed by atoms with van der Waals surface area (Å²) in [4.78, 5) is 35.5. The maximum atomic E-state index is 13.6. The summed E-state index contributed by atoms with van der Waals surface area (Å²) < 4.78 is 41.9. The van der Waals surface area contributed by atoms with Crippen molar-refractivity contribution < 1.29 is 18.0 Å². The summed E-state index contributed by atoms with van der Waals surface area (Å²) in [5.74, 6) is -0.424. The molecule has 11 nitrogen and oxygen atoms in total. The highest BCUT2D eigenvalue weighted by molar-refractivity contribution is 6.31. The van der Waals surface area contributed by atoms with E-state index in [2.05, 4.69) is 35.8 Å². The van der Waals surface area contributed by atoms with E-state index in [-0.39, 0.29) is 28.2 Å². The Labute approximate surface area is 246 Å². The van der Waals surface area contributed by atoms with Crippen molar-refractivity contribution in [1.29, 1.82) is 0 Å². The molecule has 2 bridgehead atoms. The molecule has 1 amide bonds. The maximum absolute atomic E-state index is 13.6. The van der Waals surface area contributed by atoms with Crippen LogP contribution in [0.4, 0.5) is 18.9 Å². The summed E-state index contributed by atoms with van der Waals surface area (Å²) in [5, 5.41) is 17.1. The molecule has 0 saturated heterocycles. The van der Waals surface area contributed by atoms with Gasteiger partial charge in [0.05, 0.1) is 53.2 Å². The largest absolute Gasteiger partial charge is 0.436 e. The molecule has 0 radical (unpaired) electrons. The predicted molar refractivity (Wildman–Crippen MR) is 150 cm³/mol. The van der Waals surface area contributed by atoms with Gasteiger partial charge < -0.3 is 5.32 Å². The minimum atomic E-state index is -4.68. The van der Waals surface area contributed by atoms with Crippen LogP contribution in [0.15, 0.2) is 66.1 Å².